The van der Waals surface area contributed by atoms with Crippen molar-refractivity contribution in [3.8, 4) is 0 Å². The molecule has 2 fully saturated rings. The number of carboxylic acid groups (broad SMARTS) is 2. The van der Waals surface area contributed by atoms with Crippen LogP contribution in [0.25, 0.3) is 0 Å². The number of pyridine rings is 1. The molecule has 38 heavy (non-hydrogen) atoms. The van der Waals surface area contributed by atoms with E-state index in [-0.39, 0.29) is 5.91 Å². The number of aromatic nitrogens is 1. The molecule has 2 saturated heterocycles. The molecule has 2 aliphatic rings. The Hall–Kier alpha value is -3.24. The fraction of sp³-hybridized carbons (Fsp3) is 0.455. The lowest BCUT2D eigenvalue weighted by Crippen LogP contribution is -2.34. The number of carboxylic acids is 2. The molecule has 16 heteroatoms. The number of halogens is 6. The standard InChI is InChI=1S/C18H21N3O2S.2C2HF3O2/c22-18(13-3-1-5-19-7-13)20-8-14-12-23-17-11-21(10-16(14)17)9-15-4-2-6-24-15;2*3-2(4,5)1(6)7/h1-7,14,16-17H,8-12H2,(H,20,22);2*(H,6,7)/t14-,16+,17+;;/m0../s1. The predicted molar refractivity (Wildman–Crippen MR) is 120 cm³/mol. The molecule has 210 valence electrons. The molecule has 2 aromatic heterocycles. The first-order valence-corrected chi connectivity index (χ1v) is 11.7. The van der Waals surface area contributed by atoms with Gasteiger partial charge in [-0.25, -0.2) is 9.59 Å². The minimum Gasteiger partial charge on any atom is -0.475 e. The number of carbonyl (C=O) groups excluding carboxylic acids is 1. The van der Waals surface area contributed by atoms with Gasteiger partial charge in [0.25, 0.3) is 5.91 Å². The first-order chi connectivity index (χ1) is 17.7. The van der Waals surface area contributed by atoms with Crippen LogP contribution in [0.2, 0.25) is 0 Å². The molecule has 0 aromatic carbocycles. The Morgan fingerprint density at radius 3 is 2.18 bits per heavy atom. The van der Waals surface area contributed by atoms with Crippen molar-refractivity contribution in [2.75, 3.05) is 26.2 Å². The molecule has 3 atom stereocenters. The van der Waals surface area contributed by atoms with E-state index >= 15 is 0 Å². The fourth-order valence-corrected chi connectivity index (χ4v) is 4.41. The lowest BCUT2D eigenvalue weighted by molar-refractivity contribution is -0.193. The molecule has 4 heterocycles. The van der Waals surface area contributed by atoms with E-state index in [0.29, 0.717) is 30.0 Å². The van der Waals surface area contributed by atoms with Crippen LogP contribution < -0.4 is 5.32 Å². The summed E-state index contributed by atoms with van der Waals surface area (Å²) in [6.07, 6.45) is -6.58. The number of rotatable bonds is 5. The first kappa shape index (κ1) is 31.0. The summed E-state index contributed by atoms with van der Waals surface area (Å²) in [5, 5.41) is 19.4. The number of nitrogens with zero attached hydrogens (tertiary/aromatic N) is 2. The third-order valence-corrected chi connectivity index (χ3v) is 6.27. The topological polar surface area (TPSA) is 129 Å². The maximum Gasteiger partial charge on any atom is 0.490 e. The Morgan fingerprint density at radius 2 is 1.68 bits per heavy atom. The van der Waals surface area contributed by atoms with Gasteiger partial charge in [-0.05, 0) is 23.6 Å². The molecule has 0 radical (unpaired) electrons. The summed E-state index contributed by atoms with van der Waals surface area (Å²) in [5.74, 6) is -4.66. The van der Waals surface area contributed by atoms with E-state index < -0.39 is 24.3 Å². The van der Waals surface area contributed by atoms with Crippen LogP contribution in [0.15, 0.2) is 42.0 Å². The van der Waals surface area contributed by atoms with Gasteiger partial charge in [0.2, 0.25) is 0 Å². The van der Waals surface area contributed by atoms with Crippen molar-refractivity contribution in [1.82, 2.24) is 15.2 Å². The quantitative estimate of drug-likeness (QED) is 0.467. The van der Waals surface area contributed by atoms with Crippen LogP contribution >= 0.6 is 11.3 Å². The summed E-state index contributed by atoms with van der Waals surface area (Å²) in [6.45, 7) is 4.46. The molecule has 4 rings (SSSR count). The van der Waals surface area contributed by atoms with Crippen molar-refractivity contribution in [1.29, 1.82) is 0 Å². The molecule has 1 amide bonds. The monoisotopic (exact) mass is 571 g/mol. The second-order valence-corrected chi connectivity index (χ2v) is 9.16. The smallest absolute Gasteiger partial charge is 0.475 e. The van der Waals surface area contributed by atoms with Crippen LogP contribution in [-0.2, 0) is 20.9 Å². The number of hydrogen-bond donors (Lipinski definition) is 3. The van der Waals surface area contributed by atoms with Gasteiger partial charge in [0.05, 0.1) is 18.3 Å². The van der Waals surface area contributed by atoms with E-state index in [0.717, 1.165) is 26.2 Å². The minimum atomic E-state index is -5.08. The van der Waals surface area contributed by atoms with Crippen molar-refractivity contribution in [2.45, 2.75) is 25.0 Å². The van der Waals surface area contributed by atoms with Gasteiger partial charge in [-0.3, -0.25) is 14.7 Å². The normalized spacial score (nSPS) is 20.8. The maximum atomic E-state index is 12.2. The van der Waals surface area contributed by atoms with Gasteiger partial charge in [0.15, 0.2) is 0 Å². The third kappa shape index (κ3) is 9.90. The highest BCUT2D eigenvalue weighted by atomic mass is 32.1. The minimum absolute atomic E-state index is 0.0556. The van der Waals surface area contributed by atoms with E-state index in [1.54, 1.807) is 35.9 Å². The highest BCUT2D eigenvalue weighted by Crippen LogP contribution is 2.34. The van der Waals surface area contributed by atoms with E-state index in [4.69, 9.17) is 24.5 Å². The van der Waals surface area contributed by atoms with Gasteiger partial charge in [-0.2, -0.15) is 26.3 Å². The van der Waals surface area contributed by atoms with Crippen LogP contribution in [0.3, 0.4) is 0 Å². The molecule has 3 N–H and O–H groups in total. The second kappa shape index (κ2) is 13.5. The molecular weight excluding hydrogens is 548 g/mol. The molecule has 0 aliphatic carbocycles. The Morgan fingerprint density at radius 1 is 1.05 bits per heavy atom. The molecule has 0 bridgehead atoms. The number of hydrogen-bond acceptors (Lipinski definition) is 7. The molecule has 0 spiro atoms. The summed E-state index contributed by atoms with van der Waals surface area (Å²) in [6, 6.07) is 7.85. The number of fused-ring (bicyclic) bond motifs is 1. The predicted octanol–water partition coefficient (Wildman–Crippen LogP) is 3.29. The van der Waals surface area contributed by atoms with Crippen molar-refractivity contribution >= 4 is 29.2 Å². The number of amides is 1. The fourth-order valence-electron chi connectivity index (χ4n) is 3.67. The molecule has 0 unspecified atom stereocenters. The van der Waals surface area contributed by atoms with Crippen LogP contribution in [0.4, 0.5) is 26.3 Å². The van der Waals surface area contributed by atoms with Gasteiger partial charge in [-0.15, -0.1) is 11.3 Å². The van der Waals surface area contributed by atoms with Crippen LogP contribution in [0.1, 0.15) is 15.2 Å². The van der Waals surface area contributed by atoms with Gasteiger partial charge in [0, 0.05) is 55.3 Å². The Kier molecular flexibility index (Phi) is 11.0. The zero-order valence-corrected chi connectivity index (χ0v) is 20.2. The van der Waals surface area contributed by atoms with Crippen LogP contribution in [0, 0.1) is 11.8 Å². The lowest BCUT2D eigenvalue weighted by Gasteiger charge is -2.19. The van der Waals surface area contributed by atoms with Crippen LogP contribution in [0.5, 0.6) is 0 Å². The number of ether oxygens (including phenoxy) is 1. The lowest BCUT2D eigenvalue weighted by atomic mass is 9.93. The highest BCUT2D eigenvalue weighted by molar-refractivity contribution is 7.09. The summed E-state index contributed by atoms with van der Waals surface area (Å²) < 4.78 is 69.4. The van der Waals surface area contributed by atoms with Gasteiger partial charge >= 0.3 is 24.3 Å². The number of likely N-dealkylation sites (tertiary alicyclic amines) is 1. The number of nitrogens with one attached hydrogen (secondary N) is 1. The summed E-state index contributed by atoms with van der Waals surface area (Å²) in [5.41, 5.74) is 0.610. The average molecular weight is 571 g/mol. The van der Waals surface area contributed by atoms with Gasteiger partial charge in [-0.1, -0.05) is 6.07 Å². The average Bonchev–Trinajstić information content (AvgIpc) is 3.56. The van der Waals surface area contributed by atoms with Crippen molar-refractivity contribution < 1.29 is 55.7 Å². The second-order valence-electron chi connectivity index (χ2n) is 8.13. The van der Waals surface area contributed by atoms with Gasteiger partial charge in [0.1, 0.15) is 0 Å². The Bertz CT molecular complexity index is 1030. The van der Waals surface area contributed by atoms with Crippen molar-refractivity contribution in [3.05, 3.63) is 52.5 Å². The van der Waals surface area contributed by atoms with Crippen molar-refractivity contribution in [2.24, 2.45) is 11.8 Å². The molecule has 2 aliphatic heterocycles. The molecule has 9 nitrogen and oxygen atoms in total. The summed E-state index contributed by atoms with van der Waals surface area (Å²) in [4.78, 5) is 37.8. The number of alkyl halides is 6. The Balaban J connectivity index is 0.000000301. The van der Waals surface area contributed by atoms with E-state index in [9.17, 15) is 31.1 Å². The van der Waals surface area contributed by atoms with Crippen molar-refractivity contribution in [3.63, 3.8) is 0 Å². The third-order valence-electron chi connectivity index (χ3n) is 5.41. The SMILES string of the molecule is O=C(NC[C@H]1CO[C@@H]2CN(Cc3cccs3)C[C@H]12)c1cccnc1.O=C(O)C(F)(F)F.O=C(O)C(F)(F)F. The van der Waals surface area contributed by atoms with E-state index in [2.05, 4.69) is 32.7 Å². The highest BCUT2D eigenvalue weighted by Gasteiger charge is 2.43. The molecule has 0 saturated carbocycles. The number of carbonyl (C=O) groups is 3. The zero-order chi connectivity index (χ0) is 28.5. The first-order valence-electron chi connectivity index (χ1n) is 10.8. The maximum absolute atomic E-state index is 12.2. The number of thiophene rings is 1. The summed E-state index contributed by atoms with van der Waals surface area (Å²) in [7, 11) is 0. The number of aliphatic carboxylic acids is 2. The zero-order valence-electron chi connectivity index (χ0n) is 19.4. The van der Waals surface area contributed by atoms with Gasteiger partial charge < -0.3 is 20.3 Å². The largest absolute Gasteiger partial charge is 0.490 e. The molecule has 2 aromatic rings. The van der Waals surface area contributed by atoms with E-state index in [1.807, 2.05) is 0 Å². The Labute approximate surface area is 216 Å². The van der Waals surface area contributed by atoms with E-state index in [1.165, 1.54) is 4.88 Å². The summed E-state index contributed by atoms with van der Waals surface area (Å²) >= 11 is 1.81. The van der Waals surface area contributed by atoms with Crippen LogP contribution in [-0.4, -0.2) is 82.6 Å². The molecular formula is C22H23F6N3O6S.